The van der Waals surface area contributed by atoms with E-state index in [-0.39, 0.29) is 29.7 Å². The quantitative estimate of drug-likeness (QED) is 0.877. The minimum absolute atomic E-state index is 0.0135. The van der Waals surface area contributed by atoms with Gasteiger partial charge in [-0.2, -0.15) is 0 Å². The third-order valence-electron chi connectivity index (χ3n) is 5.42. The van der Waals surface area contributed by atoms with Crippen molar-refractivity contribution < 1.29 is 19.1 Å². The van der Waals surface area contributed by atoms with Gasteiger partial charge < -0.3 is 19.9 Å². The zero-order valence-corrected chi connectivity index (χ0v) is 16.2. The van der Waals surface area contributed by atoms with Crippen molar-refractivity contribution in [2.75, 3.05) is 38.1 Å². The van der Waals surface area contributed by atoms with Gasteiger partial charge in [0.15, 0.2) is 0 Å². The normalized spacial score (nSPS) is 21.6. The molecule has 1 aliphatic heterocycles. The third-order valence-corrected chi connectivity index (χ3v) is 5.42. The highest BCUT2D eigenvalue weighted by molar-refractivity contribution is 6.00. The van der Waals surface area contributed by atoms with Crippen LogP contribution in [0.1, 0.15) is 24.5 Å². The van der Waals surface area contributed by atoms with Crippen LogP contribution in [0.2, 0.25) is 0 Å². The summed E-state index contributed by atoms with van der Waals surface area (Å²) < 4.78 is 4.99. The second-order valence-electron chi connectivity index (χ2n) is 7.20. The molecule has 2 aliphatic rings. The Bertz CT molecular complexity index is 741. The lowest BCUT2D eigenvalue weighted by molar-refractivity contribution is -0.135. The molecule has 1 aromatic rings. The molecule has 3 rings (SSSR count). The van der Waals surface area contributed by atoms with Gasteiger partial charge in [0.05, 0.1) is 18.4 Å². The largest absolute Gasteiger partial charge is 0.450 e. The topological polar surface area (TPSA) is 79.0 Å². The minimum atomic E-state index is -0.332. The van der Waals surface area contributed by atoms with Gasteiger partial charge in [-0.05, 0) is 44.4 Å². The minimum Gasteiger partial charge on any atom is -0.450 e. The number of aryl methyl sites for hydroxylation is 1. The van der Waals surface area contributed by atoms with Crippen LogP contribution in [-0.4, -0.2) is 60.5 Å². The molecule has 0 aromatic heterocycles. The van der Waals surface area contributed by atoms with Crippen molar-refractivity contribution in [1.82, 2.24) is 9.80 Å². The number of ether oxygens (including phenoxy) is 1. The number of nitrogens with one attached hydrogen (secondary N) is 1. The van der Waals surface area contributed by atoms with Crippen LogP contribution < -0.4 is 5.32 Å². The Kier molecular flexibility index (Phi) is 5.68. The average molecular weight is 373 g/mol. The molecule has 27 heavy (non-hydrogen) atoms. The van der Waals surface area contributed by atoms with E-state index in [9.17, 15) is 14.4 Å². The summed E-state index contributed by atoms with van der Waals surface area (Å²) in [6, 6.07) is 5.80. The van der Waals surface area contributed by atoms with Crippen LogP contribution in [-0.2, 0) is 14.3 Å². The number of hydrogen-bond acceptors (Lipinski definition) is 4. The molecule has 0 radical (unpaired) electrons. The van der Waals surface area contributed by atoms with Crippen molar-refractivity contribution in [3.63, 3.8) is 0 Å². The molecule has 7 nitrogen and oxygen atoms in total. The van der Waals surface area contributed by atoms with E-state index in [1.165, 1.54) is 0 Å². The molecule has 146 valence electrons. The molecule has 7 heteroatoms. The number of carbonyl (C=O) groups is 3. The lowest BCUT2D eigenvalue weighted by atomic mass is 10.1. The van der Waals surface area contributed by atoms with Gasteiger partial charge in [-0.1, -0.05) is 12.1 Å². The van der Waals surface area contributed by atoms with E-state index in [1.807, 2.05) is 32.0 Å². The van der Waals surface area contributed by atoms with Crippen LogP contribution in [0.5, 0.6) is 0 Å². The molecule has 1 aliphatic carbocycles. The maximum Gasteiger partial charge on any atom is 0.409 e. The van der Waals surface area contributed by atoms with E-state index in [0.29, 0.717) is 39.2 Å². The van der Waals surface area contributed by atoms with Crippen LogP contribution in [0.25, 0.3) is 0 Å². The number of nitrogens with zero attached hydrogens (tertiary/aromatic N) is 2. The van der Waals surface area contributed by atoms with Gasteiger partial charge in [0.2, 0.25) is 11.8 Å². The first-order valence-electron chi connectivity index (χ1n) is 9.50. The molecular weight excluding hydrogens is 346 g/mol. The number of amides is 3. The van der Waals surface area contributed by atoms with Crippen molar-refractivity contribution in [1.29, 1.82) is 0 Å². The summed E-state index contributed by atoms with van der Waals surface area (Å²) in [5.74, 6) is -0.586. The summed E-state index contributed by atoms with van der Waals surface area (Å²) in [5, 5.41) is 2.96. The first-order valence-corrected chi connectivity index (χ1v) is 9.50. The van der Waals surface area contributed by atoms with Crippen LogP contribution in [0.3, 0.4) is 0 Å². The second kappa shape index (κ2) is 7.98. The number of piperazine rings is 1. The van der Waals surface area contributed by atoms with Crippen molar-refractivity contribution in [3.8, 4) is 0 Å². The molecule has 1 heterocycles. The fourth-order valence-corrected chi connectivity index (χ4v) is 3.43. The first kappa shape index (κ1) is 19.2. The van der Waals surface area contributed by atoms with E-state index >= 15 is 0 Å². The Morgan fingerprint density at radius 2 is 1.74 bits per heavy atom. The van der Waals surface area contributed by atoms with Crippen LogP contribution in [0, 0.1) is 25.7 Å². The van der Waals surface area contributed by atoms with Gasteiger partial charge in [0, 0.05) is 31.9 Å². The summed E-state index contributed by atoms with van der Waals surface area (Å²) in [4.78, 5) is 40.3. The van der Waals surface area contributed by atoms with E-state index < -0.39 is 0 Å². The Morgan fingerprint density at radius 1 is 1.07 bits per heavy atom. The molecule has 1 saturated carbocycles. The van der Waals surface area contributed by atoms with Gasteiger partial charge >= 0.3 is 6.09 Å². The van der Waals surface area contributed by atoms with Crippen molar-refractivity contribution in [3.05, 3.63) is 29.3 Å². The molecule has 2 unspecified atom stereocenters. The standard InChI is InChI=1S/C20H27N3O4/c1-4-27-20(26)23-10-8-22(9-11-23)19(25)16-12-15(16)18(24)21-17-7-5-6-13(2)14(17)3/h5-7,15-16H,4,8-12H2,1-3H3,(H,21,24). The monoisotopic (exact) mass is 373 g/mol. The van der Waals surface area contributed by atoms with Gasteiger partial charge in [-0.3, -0.25) is 9.59 Å². The van der Waals surface area contributed by atoms with Crippen molar-refractivity contribution >= 4 is 23.6 Å². The zero-order chi connectivity index (χ0) is 19.6. The zero-order valence-electron chi connectivity index (χ0n) is 16.2. The smallest absolute Gasteiger partial charge is 0.409 e. The molecular formula is C20H27N3O4. The van der Waals surface area contributed by atoms with Gasteiger partial charge in [-0.25, -0.2) is 4.79 Å². The first-order chi connectivity index (χ1) is 12.9. The maximum absolute atomic E-state index is 12.7. The van der Waals surface area contributed by atoms with Crippen molar-refractivity contribution in [2.45, 2.75) is 27.2 Å². The molecule has 0 bridgehead atoms. The second-order valence-corrected chi connectivity index (χ2v) is 7.20. The fraction of sp³-hybridized carbons (Fsp3) is 0.550. The Balaban J connectivity index is 1.50. The Morgan fingerprint density at radius 3 is 2.41 bits per heavy atom. The molecule has 1 saturated heterocycles. The van der Waals surface area contributed by atoms with Gasteiger partial charge in [0.25, 0.3) is 0 Å². The van der Waals surface area contributed by atoms with Gasteiger partial charge in [-0.15, -0.1) is 0 Å². The molecule has 0 spiro atoms. The highest BCUT2D eigenvalue weighted by Crippen LogP contribution is 2.41. The molecule has 3 amide bonds. The van der Waals surface area contributed by atoms with E-state index in [0.717, 1.165) is 16.8 Å². The summed E-state index contributed by atoms with van der Waals surface area (Å²) in [6.07, 6.45) is 0.259. The van der Waals surface area contributed by atoms with Crippen molar-refractivity contribution in [2.24, 2.45) is 11.8 Å². The molecule has 1 aromatic carbocycles. The number of carbonyl (C=O) groups excluding carboxylic acids is 3. The summed E-state index contributed by atoms with van der Waals surface area (Å²) in [6.45, 7) is 8.01. The van der Waals surface area contributed by atoms with Crippen LogP contribution in [0.15, 0.2) is 18.2 Å². The SMILES string of the molecule is CCOC(=O)N1CCN(C(=O)C2CC2C(=O)Nc2cccc(C)c2C)CC1. The van der Waals surface area contributed by atoms with Crippen LogP contribution in [0.4, 0.5) is 10.5 Å². The lowest BCUT2D eigenvalue weighted by Gasteiger charge is -2.34. The lowest BCUT2D eigenvalue weighted by Crippen LogP contribution is -2.51. The Labute approximate surface area is 159 Å². The summed E-state index contributed by atoms with van der Waals surface area (Å²) in [7, 11) is 0. The van der Waals surface area contributed by atoms with E-state index in [2.05, 4.69) is 5.32 Å². The number of hydrogen-bond donors (Lipinski definition) is 1. The fourth-order valence-electron chi connectivity index (χ4n) is 3.43. The maximum atomic E-state index is 12.7. The third kappa shape index (κ3) is 4.23. The highest BCUT2D eigenvalue weighted by Gasteiger charge is 2.49. The Hall–Kier alpha value is -2.57. The van der Waals surface area contributed by atoms with Crippen LogP contribution >= 0.6 is 0 Å². The number of benzene rings is 1. The van der Waals surface area contributed by atoms with E-state index in [4.69, 9.17) is 4.74 Å². The summed E-state index contributed by atoms with van der Waals surface area (Å²) in [5.41, 5.74) is 2.97. The predicted molar refractivity (Wildman–Crippen MR) is 101 cm³/mol. The summed E-state index contributed by atoms with van der Waals surface area (Å²) >= 11 is 0. The number of rotatable bonds is 4. The number of anilines is 1. The van der Waals surface area contributed by atoms with E-state index in [1.54, 1.807) is 16.7 Å². The highest BCUT2D eigenvalue weighted by atomic mass is 16.6. The molecule has 1 N–H and O–H groups in total. The molecule has 2 atom stereocenters. The molecule has 2 fully saturated rings. The van der Waals surface area contributed by atoms with Gasteiger partial charge in [0.1, 0.15) is 0 Å². The predicted octanol–water partition coefficient (Wildman–Crippen LogP) is 2.18. The average Bonchev–Trinajstić information content (AvgIpc) is 3.46.